The fourth-order valence-electron chi connectivity index (χ4n) is 3.37. The molecule has 154 valence electrons. The average molecular weight is 395 g/mol. The highest BCUT2D eigenvalue weighted by Gasteiger charge is 2.14. The number of likely N-dealkylation sites (N-methyl/N-ethyl adjacent to an activating group) is 1. The van der Waals surface area contributed by atoms with Crippen LogP contribution < -0.4 is 10.6 Å². The van der Waals surface area contributed by atoms with Crippen molar-refractivity contribution in [2.45, 2.75) is 20.0 Å². The summed E-state index contributed by atoms with van der Waals surface area (Å²) in [6, 6.07) is 15.7. The molecule has 3 rings (SSSR count). The molecule has 1 heterocycles. The molecule has 29 heavy (non-hydrogen) atoms. The average Bonchev–Trinajstić information content (AvgIpc) is 2.73. The molecule has 6 heteroatoms. The van der Waals surface area contributed by atoms with Crippen molar-refractivity contribution in [3.05, 3.63) is 70.8 Å². The van der Waals surface area contributed by atoms with E-state index in [1.165, 1.54) is 5.56 Å². The van der Waals surface area contributed by atoms with Gasteiger partial charge in [-0.2, -0.15) is 0 Å². The molecular formula is C23H30N4O2. The van der Waals surface area contributed by atoms with E-state index in [0.29, 0.717) is 12.1 Å². The Labute approximate surface area is 172 Å². The summed E-state index contributed by atoms with van der Waals surface area (Å²) in [5.41, 5.74) is 3.82. The van der Waals surface area contributed by atoms with Crippen molar-refractivity contribution < 1.29 is 9.59 Å². The summed E-state index contributed by atoms with van der Waals surface area (Å²) in [5.74, 6) is -0.431. The third kappa shape index (κ3) is 6.41. The van der Waals surface area contributed by atoms with Gasteiger partial charge in [0.2, 0.25) is 5.91 Å². The van der Waals surface area contributed by atoms with Crippen LogP contribution in [0.25, 0.3) is 0 Å². The third-order valence-electron chi connectivity index (χ3n) is 5.31. The number of carbonyl (C=O) groups is 2. The van der Waals surface area contributed by atoms with Gasteiger partial charge in [0.1, 0.15) is 0 Å². The highest BCUT2D eigenvalue weighted by Crippen LogP contribution is 2.10. The van der Waals surface area contributed by atoms with Gasteiger partial charge in [0.25, 0.3) is 5.91 Å². The fraction of sp³-hybridized carbons (Fsp3) is 0.391. The van der Waals surface area contributed by atoms with Crippen molar-refractivity contribution in [1.82, 2.24) is 20.4 Å². The number of hydrogen-bond acceptors (Lipinski definition) is 4. The Morgan fingerprint density at radius 2 is 1.55 bits per heavy atom. The van der Waals surface area contributed by atoms with Crippen molar-refractivity contribution in [1.29, 1.82) is 0 Å². The SMILES string of the molecule is Cc1ccccc1C(=O)NCC(=O)NCc1ccc(CN2CCN(C)CC2)cc1. The maximum Gasteiger partial charge on any atom is 0.251 e. The summed E-state index contributed by atoms with van der Waals surface area (Å²) in [4.78, 5) is 29.0. The van der Waals surface area contributed by atoms with Crippen LogP contribution in [0.4, 0.5) is 0 Å². The van der Waals surface area contributed by atoms with Crippen molar-refractivity contribution in [2.75, 3.05) is 39.8 Å². The number of nitrogens with one attached hydrogen (secondary N) is 2. The summed E-state index contributed by atoms with van der Waals surface area (Å²) < 4.78 is 0. The van der Waals surface area contributed by atoms with Gasteiger partial charge in [-0.25, -0.2) is 0 Å². The molecule has 0 aliphatic carbocycles. The second-order valence-corrected chi connectivity index (χ2v) is 7.67. The van der Waals surface area contributed by atoms with Gasteiger partial charge in [0.15, 0.2) is 0 Å². The van der Waals surface area contributed by atoms with E-state index in [1.54, 1.807) is 6.07 Å². The van der Waals surface area contributed by atoms with Gasteiger partial charge in [-0.3, -0.25) is 14.5 Å². The maximum atomic E-state index is 12.2. The minimum absolute atomic E-state index is 0.0331. The number of aryl methyl sites for hydroxylation is 1. The van der Waals surface area contributed by atoms with Crippen LogP contribution in [0.3, 0.4) is 0 Å². The van der Waals surface area contributed by atoms with Gasteiger partial charge in [-0.1, -0.05) is 42.5 Å². The molecule has 2 amide bonds. The molecule has 6 nitrogen and oxygen atoms in total. The van der Waals surface area contributed by atoms with Gasteiger partial charge < -0.3 is 15.5 Å². The molecule has 1 aliphatic rings. The van der Waals surface area contributed by atoms with Crippen LogP contribution in [0.5, 0.6) is 0 Å². The number of carbonyl (C=O) groups excluding carboxylic acids is 2. The highest BCUT2D eigenvalue weighted by molar-refractivity contribution is 5.97. The van der Waals surface area contributed by atoms with Crippen LogP contribution in [0.1, 0.15) is 27.0 Å². The molecule has 1 aliphatic heterocycles. The Kier molecular flexibility index (Phi) is 7.38. The van der Waals surface area contributed by atoms with Crippen molar-refractivity contribution in [2.24, 2.45) is 0 Å². The number of rotatable bonds is 7. The molecule has 2 aromatic carbocycles. The lowest BCUT2D eigenvalue weighted by atomic mass is 10.1. The third-order valence-corrected chi connectivity index (χ3v) is 5.31. The van der Waals surface area contributed by atoms with Crippen molar-refractivity contribution >= 4 is 11.8 Å². The number of nitrogens with zero attached hydrogens (tertiary/aromatic N) is 2. The van der Waals surface area contributed by atoms with E-state index >= 15 is 0 Å². The molecular weight excluding hydrogens is 364 g/mol. The molecule has 0 radical (unpaired) electrons. The molecule has 0 spiro atoms. The Morgan fingerprint density at radius 3 is 2.24 bits per heavy atom. The first-order valence-corrected chi connectivity index (χ1v) is 10.1. The van der Waals surface area contributed by atoms with Gasteiger partial charge in [0, 0.05) is 44.8 Å². The summed E-state index contributed by atoms with van der Waals surface area (Å²) >= 11 is 0. The normalized spacial score (nSPS) is 15.1. The quantitative estimate of drug-likeness (QED) is 0.752. The lowest BCUT2D eigenvalue weighted by Crippen LogP contribution is -2.43. The largest absolute Gasteiger partial charge is 0.350 e. The molecule has 0 saturated carbocycles. The molecule has 0 aromatic heterocycles. The van der Waals surface area contributed by atoms with Crippen LogP contribution in [0.15, 0.2) is 48.5 Å². The molecule has 0 unspecified atom stereocenters. The minimum Gasteiger partial charge on any atom is -0.350 e. The summed E-state index contributed by atoms with van der Waals surface area (Å²) in [5, 5.41) is 5.53. The van der Waals surface area contributed by atoms with E-state index in [1.807, 2.05) is 25.1 Å². The predicted molar refractivity (Wildman–Crippen MR) is 115 cm³/mol. The fourth-order valence-corrected chi connectivity index (χ4v) is 3.37. The monoisotopic (exact) mass is 394 g/mol. The van der Waals surface area contributed by atoms with Gasteiger partial charge in [-0.05, 0) is 36.7 Å². The van der Waals surface area contributed by atoms with Crippen molar-refractivity contribution in [3.8, 4) is 0 Å². The Morgan fingerprint density at radius 1 is 0.897 bits per heavy atom. The molecule has 0 bridgehead atoms. The van der Waals surface area contributed by atoms with Crippen LogP contribution in [0, 0.1) is 6.92 Å². The minimum atomic E-state index is -0.230. The summed E-state index contributed by atoms with van der Waals surface area (Å²) in [6.07, 6.45) is 0. The van der Waals surface area contributed by atoms with Crippen LogP contribution in [-0.2, 0) is 17.9 Å². The van der Waals surface area contributed by atoms with E-state index < -0.39 is 0 Å². The number of hydrogen-bond donors (Lipinski definition) is 2. The molecule has 1 fully saturated rings. The van der Waals surface area contributed by atoms with Crippen molar-refractivity contribution in [3.63, 3.8) is 0 Å². The first-order chi connectivity index (χ1) is 14.0. The topological polar surface area (TPSA) is 64.7 Å². The zero-order chi connectivity index (χ0) is 20.6. The second kappa shape index (κ2) is 10.2. The number of amides is 2. The van der Waals surface area contributed by atoms with E-state index in [-0.39, 0.29) is 18.4 Å². The standard InChI is InChI=1S/C23H30N4O2/c1-18-5-3-4-6-21(18)23(29)25-16-22(28)24-15-19-7-9-20(10-8-19)17-27-13-11-26(2)12-14-27/h3-10H,11-17H2,1-2H3,(H,24,28)(H,25,29). The lowest BCUT2D eigenvalue weighted by molar-refractivity contribution is -0.120. The second-order valence-electron chi connectivity index (χ2n) is 7.67. The van der Waals surface area contributed by atoms with Crippen LogP contribution >= 0.6 is 0 Å². The summed E-state index contributed by atoms with van der Waals surface area (Å²) in [7, 11) is 2.16. The van der Waals surface area contributed by atoms with Crippen LogP contribution in [0.2, 0.25) is 0 Å². The number of piperazine rings is 1. The van der Waals surface area contributed by atoms with E-state index in [4.69, 9.17) is 0 Å². The van der Waals surface area contributed by atoms with E-state index in [2.05, 4.69) is 51.7 Å². The zero-order valence-electron chi connectivity index (χ0n) is 17.3. The van der Waals surface area contributed by atoms with E-state index in [9.17, 15) is 9.59 Å². The first-order valence-electron chi connectivity index (χ1n) is 10.1. The van der Waals surface area contributed by atoms with E-state index in [0.717, 1.165) is 43.9 Å². The zero-order valence-corrected chi connectivity index (χ0v) is 17.3. The Balaban J connectivity index is 1.40. The lowest BCUT2D eigenvalue weighted by Gasteiger charge is -2.32. The Bertz CT molecular complexity index is 827. The maximum absolute atomic E-state index is 12.2. The van der Waals surface area contributed by atoms with Gasteiger partial charge in [0.05, 0.1) is 6.54 Å². The molecule has 0 atom stereocenters. The molecule has 1 saturated heterocycles. The van der Waals surface area contributed by atoms with Crippen LogP contribution in [-0.4, -0.2) is 61.4 Å². The molecule has 2 N–H and O–H groups in total. The predicted octanol–water partition coefficient (Wildman–Crippen LogP) is 1.79. The Hall–Kier alpha value is -2.70. The molecule has 2 aromatic rings. The highest BCUT2D eigenvalue weighted by atomic mass is 16.2. The smallest absolute Gasteiger partial charge is 0.251 e. The first kappa shape index (κ1) is 21.0. The van der Waals surface area contributed by atoms with Gasteiger partial charge >= 0.3 is 0 Å². The number of benzene rings is 2. The summed E-state index contributed by atoms with van der Waals surface area (Å²) in [6.45, 7) is 7.69. The van der Waals surface area contributed by atoms with Gasteiger partial charge in [-0.15, -0.1) is 0 Å².